The number of pyridine rings is 1. The Hall–Kier alpha value is -1.62. The van der Waals surface area contributed by atoms with Gasteiger partial charge in [0.2, 0.25) is 5.91 Å². The molecule has 2 fully saturated rings. The van der Waals surface area contributed by atoms with Gasteiger partial charge in [0, 0.05) is 37.5 Å². The van der Waals surface area contributed by atoms with Crippen LogP contribution in [0.5, 0.6) is 5.75 Å². The molecule has 102 valence electrons. The van der Waals surface area contributed by atoms with Gasteiger partial charge >= 0.3 is 0 Å². The van der Waals surface area contributed by atoms with Crippen molar-refractivity contribution in [3.05, 3.63) is 24.5 Å². The van der Waals surface area contributed by atoms with E-state index in [-0.39, 0.29) is 31.1 Å². The third-order valence-corrected chi connectivity index (χ3v) is 4.04. The lowest BCUT2D eigenvalue weighted by atomic mass is 10.1. The number of aliphatic hydroxyl groups excluding tert-OH is 1. The van der Waals surface area contributed by atoms with Crippen LogP contribution in [0.4, 0.5) is 0 Å². The van der Waals surface area contributed by atoms with Crippen LogP contribution in [-0.4, -0.2) is 46.2 Å². The minimum atomic E-state index is -0.0671. The molecule has 1 saturated carbocycles. The largest absolute Gasteiger partial charge is 0.488 e. The second-order valence-corrected chi connectivity index (χ2v) is 5.25. The summed E-state index contributed by atoms with van der Waals surface area (Å²) in [5, 5.41) is 8.83. The zero-order valence-electron chi connectivity index (χ0n) is 10.7. The molecule has 1 aromatic rings. The minimum Gasteiger partial charge on any atom is -0.488 e. The van der Waals surface area contributed by atoms with Crippen molar-refractivity contribution in [3.63, 3.8) is 0 Å². The molecule has 0 spiro atoms. The van der Waals surface area contributed by atoms with Crippen LogP contribution in [0.15, 0.2) is 24.5 Å². The van der Waals surface area contributed by atoms with Gasteiger partial charge in [-0.05, 0) is 18.6 Å². The summed E-state index contributed by atoms with van der Waals surface area (Å²) in [4.78, 5) is 17.8. The monoisotopic (exact) mass is 262 g/mol. The van der Waals surface area contributed by atoms with Crippen molar-refractivity contribution in [2.24, 2.45) is 5.92 Å². The molecule has 2 heterocycles. The molecule has 1 aliphatic heterocycles. The highest BCUT2D eigenvalue weighted by molar-refractivity contribution is 5.77. The van der Waals surface area contributed by atoms with E-state index >= 15 is 0 Å². The van der Waals surface area contributed by atoms with E-state index in [1.807, 2.05) is 17.0 Å². The van der Waals surface area contributed by atoms with Gasteiger partial charge in [0.15, 0.2) is 0 Å². The summed E-state index contributed by atoms with van der Waals surface area (Å²) in [5.41, 5.74) is 0. The average molecular weight is 262 g/mol. The van der Waals surface area contributed by atoms with Gasteiger partial charge in [0.05, 0.1) is 12.8 Å². The van der Waals surface area contributed by atoms with Gasteiger partial charge in [-0.2, -0.15) is 0 Å². The van der Waals surface area contributed by atoms with Crippen molar-refractivity contribution in [1.82, 2.24) is 9.88 Å². The van der Waals surface area contributed by atoms with E-state index in [0.29, 0.717) is 5.92 Å². The van der Waals surface area contributed by atoms with E-state index in [9.17, 15) is 4.79 Å². The Labute approximate surface area is 112 Å². The molecule has 3 atom stereocenters. The topological polar surface area (TPSA) is 62.7 Å². The van der Waals surface area contributed by atoms with E-state index in [0.717, 1.165) is 25.1 Å². The Morgan fingerprint density at radius 3 is 3.05 bits per heavy atom. The maximum atomic E-state index is 11.8. The first-order chi connectivity index (χ1) is 9.28. The number of amides is 1. The highest BCUT2D eigenvalue weighted by Crippen LogP contribution is 2.40. The molecule has 1 N–H and O–H groups in total. The van der Waals surface area contributed by atoms with Crippen molar-refractivity contribution in [2.75, 3.05) is 13.2 Å². The highest BCUT2D eigenvalue weighted by atomic mass is 16.5. The zero-order chi connectivity index (χ0) is 13.2. The van der Waals surface area contributed by atoms with Crippen molar-refractivity contribution in [3.8, 4) is 5.75 Å². The molecule has 1 saturated heterocycles. The number of aromatic nitrogens is 1. The molecule has 1 aliphatic carbocycles. The van der Waals surface area contributed by atoms with Gasteiger partial charge in [-0.1, -0.05) is 0 Å². The molecule has 0 radical (unpaired) electrons. The van der Waals surface area contributed by atoms with Crippen LogP contribution >= 0.6 is 0 Å². The summed E-state index contributed by atoms with van der Waals surface area (Å²) in [6, 6.07) is 4.05. The number of likely N-dealkylation sites (tertiary alicyclic amines) is 1. The van der Waals surface area contributed by atoms with Crippen molar-refractivity contribution in [1.29, 1.82) is 0 Å². The predicted octanol–water partition coefficient (Wildman–Crippen LogP) is 0.832. The number of aliphatic hydroxyl groups is 1. The summed E-state index contributed by atoms with van der Waals surface area (Å²) >= 11 is 0. The SMILES string of the molecule is O=C(CCO)N1CC2CC1C[C@H]2Oc1cccnc1. The maximum Gasteiger partial charge on any atom is 0.225 e. The Morgan fingerprint density at radius 2 is 2.42 bits per heavy atom. The van der Waals surface area contributed by atoms with Gasteiger partial charge in [-0.3, -0.25) is 9.78 Å². The minimum absolute atomic E-state index is 0.0647. The van der Waals surface area contributed by atoms with Gasteiger partial charge in [0.25, 0.3) is 0 Å². The van der Waals surface area contributed by atoms with E-state index in [4.69, 9.17) is 9.84 Å². The van der Waals surface area contributed by atoms with Crippen molar-refractivity contribution in [2.45, 2.75) is 31.4 Å². The molecule has 5 heteroatoms. The van der Waals surface area contributed by atoms with Crippen LogP contribution < -0.4 is 4.74 Å². The lowest BCUT2D eigenvalue weighted by Gasteiger charge is -2.31. The maximum absolute atomic E-state index is 11.8. The first-order valence-electron chi connectivity index (χ1n) is 6.75. The number of rotatable bonds is 4. The second kappa shape index (κ2) is 5.17. The Morgan fingerprint density at radius 1 is 1.53 bits per heavy atom. The lowest BCUT2D eigenvalue weighted by Crippen LogP contribution is -2.43. The van der Waals surface area contributed by atoms with Gasteiger partial charge < -0.3 is 14.7 Å². The molecule has 2 unspecified atom stereocenters. The quantitative estimate of drug-likeness (QED) is 0.873. The highest BCUT2D eigenvalue weighted by Gasteiger charge is 2.47. The number of fused-ring (bicyclic) bond motifs is 2. The molecule has 3 rings (SSSR count). The molecular formula is C14H18N2O3. The second-order valence-electron chi connectivity index (χ2n) is 5.25. The molecular weight excluding hydrogens is 244 g/mol. The number of hydrogen-bond acceptors (Lipinski definition) is 4. The summed E-state index contributed by atoms with van der Waals surface area (Å²) in [5.74, 6) is 1.27. The number of nitrogens with zero attached hydrogens (tertiary/aromatic N) is 2. The third-order valence-electron chi connectivity index (χ3n) is 4.04. The number of piperidine rings is 1. The number of carbonyl (C=O) groups is 1. The Bertz CT molecular complexity index is 451. The van der Waals surface area contributed by atoms with Crippen LogP contribution in [0.2, 0.25) is 0 Å². The van der Waals surface area contributed by atoms with Gasteiger partial charge in [0.1, 0.15) is 11.9 Å². The fourth-order valence-electron chi connectivity index (χ4n) is 3.19. The molecule has 1 amide bonds. The zero-order valence-corrected chi connectivity index (χ0v) is 10.7. The fraction of sp³-hybridized carbons (Fsp3) is 0.571. The normalized spacial score (nSPS) is 28.7. The van der Waals surface area contributed by atoms with E-state index in [1.54, 1.807) is 12.4 Å². The summed E-state index contributed by atoms with van der Waals surface area (Å²) in [6.45, 7) is 0.691. The molecule has 2 bridgehead atoms. The molecule has 2 aliphatic rings. The third kappa shape index (κ3) is 2.42. The average Bonchev–Trinajstić information content (AvgIpc) is 3.00. The molecule has 19 heavy (non-hydrogen) atoms. The van der Waals surface area contributed by atoms with E-state index < -0.39 is 0 Å². The Kier molecular flexibility index (Phi) is 3.38. The smallest absolute Gasteiger partial charge is 0.225 e. The van der Waals surface area contributed by atoms with Crippen LogP contribution in [0.3, 0.4) is 0 Å². The fourth-order valence-corrected chi connectivity index (χ4v) is 3.19. The van der Waals surface area contributed by atoms with Gasteiger partial charge in [-0.15, -0.1) is 0 Å². The summed E-state index contributed by atoms with van der Waals surface area (Å²) < 4.78 is 5.95. The number of hydrogen-bond donors (Lipinski definition) is 1. The van der Waals surface area contributed by atoms with E-state index in [2.05, 4.69) is 4.98 Å². The summed E-state index contributed by atoms with van der Waals surface area (Å²) in [7, 11) is 0. The molecule has 0 aromatic carbocycles. The molecule has 5 nitrogen and oxygen atoms in total. The summed E-state index contributed by atoms with van der Waals surface area (Å²) in [6.07, 6.45) is 5.77. The lowest BCUT2D eigenvalue weighted by molar-refractivity contribution is -0.134. The number of carbonyl (C=O) groups excluding carboxylic acids is 1. The van der Waals surface area contributed by atoms with Crippen LogP contribution in [0.1, 0.15) is 19.3 Å². The first-order valence-corrected chi connectivity index (χ1v) is 6.75. The van der Waals surface area contributed by atoms with Gasteiger partial charge in [-0.25, -0.2) is 0 Å². The molecule has 1 aromatic heterocycles. The first kappa shape index (κ1) is 12.4. The van der Waals surface area contributed by atoms with Crippen molar-refractivity contribution < 1.29 is 14.6 Å². The van der Waals surface area contributed by atoms with Crippen LogP contribution in [0.25, 0.3) is 0 Å². The van der Waals surface area contributed by atoms with Crippen LogP contribution in [-0.2, 0) is 4.79 Å². The van der Waals surface area contributed by atoms with Crippen LogP contribution in [0, 0.1) is 5.92 Å². The van der Waals surface area contributed by atoms with Crippen molar-refractivity contribution >= 4 is 5.91 Å². The Balaban J connectivity index is 1.59. The predicted molar refractivity (Wildman–Crippen MR) is 68.6 cm³/mol. The van der Waals surface area contributed by atoms with E-state index in [1.165, 1.54) is 0 Å². The standard InChI is InChI=1S/C14H18N2O3/c17-5-3-14(18)16-9-10-6-11(16)7-13(10)19-12-2-1-4-15-8-12/h1-2,4,8,10-11,13,17H,3,5-7,9H2/t10?,11?,13-/m1/s1. The number of ether oxygens (including phenoxy) is 1.